The van der Waals surface area contributed by atoms with Gasteiger partial charge >= 0.3 is 5.97 Å². The Morgan fingerprint density at radius 3 is 2.39 bits per heavy atom. The van der Waals surface area contributed by atoms with Crippen molar-refractivity contribution in [1.82, 2.24) is 0 Å². The van der Waals surface area contributed by atoms with Crippen molar-refractivity contribution in [2.75, 3.05) is 16.4 Å². The number of carboxylic acids is 1. The molecule has 2 atom stereocenters. The van der Waals surface area contributed by atoms with Crippen LogP contribution in [0.5, 0.6) is 0 Å². The molecule has 0 radical (unpaired) electrons. The number of carbonyl (C=O) groups is 3. The van der Waals surface area contributed by atoms with Crippen molar-refractivity contribution < 1.29 is 19.5 Å². The Morgan fingerprint density at radius 1 is 1.03 bits per heavy atom. The van der Waals surface area contributed by atoms with Crippen molar-refractivity contribution in [2.45, 2.75) is 24.7 Å². The van der Waals surface area contributed by atoms with Crippen LogP contribution in [0.4, 0.5) is 11.4 Å². The molecule has 0 spiro atoms. The standard InChI is InChI=1S/C23H23ClN2O4S/c1-14-6-7-15(24)12-20(14)26-21(27)13-31-17-10-8-16(9-11-17)25-22(28)18-4-2-3-5-19(18)23(29)30/h2-3,6-12,18-19H,4-5,13H2,1H3,(H,25,28)(H,26,27)(H,29,30). The molecule has 162 valence electrons. The quantitative estimate of drug-likeness (QED) is 0.401. The Hall–Kier alpha value is -2.77. The molecule has 0 bridgehead atoms. The number of halogens is 1. The van der Waals surface area contributed by atoms with Gasteiger partial charge in [-0.1, -0.05) is 29.8 Å². The summed E-state index contributed by atoms with van der Waals surface area (Å²) in [4.78, 5) is 37.0. The first-order valence-electron chi connectivity index (χ1n) is 9.81. The number of allylic oxidation sites excluding steroid dienone is 2. The van der Waals surface area contributed by atoms with Gasteiger partial charge in [0.1, 0.15) is 0 Å². The van der Waals surface area contributed by atoms with E-state index in [4.69, 9.17) is 11.6 Å². The molecule has 2 unspecified atom stereocenters. The van der Waals surface area contributed by atoms with Crippen LogP contribution in [0.15, 0.2) is 59.5 Å². The predicted octanol–water partition coefficient (Wildman–Crippen LogP) is 4.98. The van der Waals surface area contributed by atoms with E-state index in [9.17, 15) is 19.5 Å². The third-order valence-electron chi connectivity index (χ3n) is 5.05. The van der Waals surface area contributed by atoms with Crippen LogP contribution in [-0.2, 0) is 14.4 Å². The SMILES string of the molecule is Cc1ccc(Cl)cc1NC(=O)CSc1ccc(NC(=O)C2CC=CCC2C(=O)O)cc1. The van der Waals surface area contributed by atoms with Gasteiger partial charge in [0.15, 0.2) is 0 Å². The van der Waals surface area contributed by atoms with Crippen LogP contribution >= 0.6 is 23.4 Å². The minimum Gasteiger partial charge on any atom is -0.481 e. The highest BCUT2D eigenvalue weighted by molar-refractivity contribution is 8.00. The summed E-state index contributed by atoms with van der Waals surface area (Å²) < 4.78 is 0. The second-order valence-electron chi connectivity index (χ2n) is 7.30. The van der Waals surface area contributed by atoms with Gasteiger partial charge in [0.25, 0.3) is 0 Å². The molecule has 0 aliphatic heterocycles. The summed E-state index contributed by atoms with van der Waals surface area (Å²) in [6, 6.07) is 12.4. The first-order chi connectivity index (χ1) is 14.8. The molecule has 3 rings (SSSR count). The van der Waals surface area contributed by atoms with Crippen LogP contribution < -0.4 is 10.6 Å². The lowest BCUT2D eigenvalue weighted by Gasteiger charge is -2.24. The number of aliphatic carboxylic acids is 1. The van der Waals surface area contributed by atoms with E-state index in [0.717, 1.165) is 10.5 Å². The van der Waals surface area contributed by atoms with Gasteiger partial charge in [0.05, 0.1) is 17.6 Å². The molecular formula is C23H23ClN2O4S. The zero-order valence-corrected chi connectivity index (χ0v) is 18.5. The number of thioether (sulfide) groups is 1. The minimum atomic E-state index is -0.956. The molecule has 0 aromatic heterocycles. The van der Waals surface area contributed by atoms with E-state index in [1.54, 1.807) is 30.3 Å². The predicted molar refractivity (Wildman–Crippen MR) is 124 cm³/mol. The van der Waals surface area contributed by atoms with Gasteiger partial charge < -0.3 is 15.7 Å². The molecule has 1 aliphatic carbocycles. The topological polar surface area (TPSA) is 95.5 Å². The van der Waals surface area contributed by atoms with Crippen molar-refractivity contribution >= 4 is 52.5 Å². The number of nitrogens with one attached hydrogen (secondary N) is 2. The number of benzene rings is 2. The second kappa shape index (κ2) is 10.5. The van der Waals surface area contributed by atoms with Crippen LogP contribution in [0.2, 0.25) is 5.02 Å². The molecule has 3 N–H and O–H groups in total. The molecular weight excluding hydrogens is 436 g/mol. The third-order valence-corrected chi connectivity index (χ3v) is 6.30. The number of carboxylic acid groups (broad SMARTS) is 1. The molecule has 1 aliphatic rings. The number of anilines is 2. The van der Waals surface area contributed by atoms with Gasteiger partial charge in [-0.05, 0) is 61.7 Å². The average molecular weight is 459 g/mol. The molecule has 2 aromatic rings. The number of amides is 2. The highest BCUT2D eigenvalue weighted by Crippen LogP contribution is 2.28. The van der Waals surface area contributed by atoms with Crippen LogP contribution in [0.1, 0.15) is 18.4 Å². The number of rotatable bonds is 7. The van der Waals surface area contributed by atoms with Crippen LogP contribution in [0.3, 0.4) is 0 Å². The molecule has 2 amide bonds. The maximum Gasteiger partial charge on any atom is 0.307 e. The highest BCUT2D eigenvalue weighted by atomic mass is 35.5. The van der Waals surface area contributed by atoms with Gasteiger partial charge in [-0.2, -0.15) is 0 Å². The molecule has 2 aromatic carbocycles. The van der Waals surface area contributed by atoms with Crippen LogP contribution in [0, 0.1) is 18.8 Å². The lowest BCUT2D eigenvalue weighted by molar-refractivity contribution is -0.146. The summed E-state index contributed by atoms with van der Waals surface area (Å²) >= 11 is 7.35. The third kappa shape index (κ3) is 6.35. The van der Waals surface area contributed by atoms with Gasteiger partial charge in [0.2, 0.25) is 11.8 Å². The fourth-order valence-electron chi connectivity index (χ4n) is 3.31. The van der Waals surface area contributed by atoms with Crippen molar-refractivity contribution in [1.29, 1.82) is 0 Å². The fraction of sp³-hybridized carbons (Fsp3) is 0.261. The summed E-state index contributed by atoms with van der Waals surface area (Å²) in [5.74, 6) is -2.46. The second-order valence-corrected chi connectivity index (χ2v) is 8.79. The van der Waals surface area contributed by atoms with Crippen LogP contribution in [-0.4, -0.2) is 28.6 Å². The first kappa shape index (κ1) is 22.9. The van der Waals surface area contributed by atoms with E-state index >= 15 is 0 Å². The molecule has 0 saturated heterocycles. The summed E-state index contributed by atoms with van der Waals surface area (Å²) in [6.07, 6.45) is 4.43. The van der Waals surface area contributed by atoms with E-state index in [0.29, 0.717) is 29.2 Å². The number of hydrogen-bond donors (Lipinski definition) is 3. The lowest BCUT2D eigenvalue weighted by Crippen LogP contribution is -2.34. The summed E-state index contributed by atoms with van der Waals surface area (Å²) in [7, 11) is 0. The minimum absolute atomic E-state index is 0.141. The summed E-state index contributed by atoms with van der Waals surface area (Å²) in [5, 5.41) is 15.5. The molecule has 0 fully saturated rings. The fourth-order valence-corrected chi connectivity index (χ4v) is 4.18. The van der Waals surface area contributed by atoms with Crippen molar-refractivity contribution in [3.05, 3.63) is 65.2 Å². The van der Waals surface area contributed by atoms with Crippen molar-refractivity contribution in [3.63, 3.8) is 0 Å². The number of aryl methyl sites for hydroxylation is 1. The van der Waals surface area contributed by atoms with Gasteiger partial charge in [-0.15, -0.1) is 11.8 Å². The molecule has 0 saturated carbocycles. The first-order valence-corrected chi connectivity index (χ1v) is 11.2. The Balaban J connectivity index is 1.52. The van der Waals surface area contributed by atoms with E-state index in [-0.39, 0.29) is 17.6 Å². The Bertz CT molecular complexity index is 1010. The van der Waals surface area contributed by atoms with Gasteiger partial charge in [0, 0.05) is 21.3 Å². The normalized spacial score (nSPS) is 17.7. The van der Waals surface area contributed by atoms with E-state index < -0.39 is 17.8 Å². The number of hydrogen-bond acceptors (Lipinski definition) is 4. The molecule has 31 heavy (non-hydrogen) atoms. The zero-order chi connectivity index (χ0) is 22.4. The van der Waals surface area contributed by atoms with Crippen LogP contribution in [0.25, 0.3) is 0 Å². The molecule has 8 heteroatoms. The Morgan fingerprint density at radius 2 is 1.71 bits per heavy atom. The lowest BCUT2D eigenvalue weighted by atomic mass is 9.82. The smallest absolute Gasteiger partial charge is 0.307 e. The summed E-state index contributed by atoms with van der Waals surface area (Å²) in [5.41, 5.74) is 2.21. The average Bonchev–Trinajstić information content (AvgIpc) is 2.75. The molecule has 6 nitrogen and oxygen atoms in total. The summed E-state index contributed by atoms with van der Waals surface area (Å²) in [6.45, 7) is 1.90. The Kier molecular flexibility index (Phi) is 7.76. The Labute approximate surface area is 190 Å². The van der Waals surface area contributed by atoms with E-state index in [1.807, 2.05) is 31.2 Å². The van der Waals surface area contributed by atoms with Gasteiger partial charge in [-0.3, -0.25) is 14.4 Å². The van der Waals surface area contributed by atoms with Crippen molar-refractivity contribution in [2.24, 2.45) is 11.8 Å². The van der Waals surface area contributed by atoms with Crippen molar-refractivity contribution in [3.8, 4) is 0 Å². The van der Waals surface area contributed by atoms with E-state index in [1.165, 1.54) is 11.8 Å². The monoisotopic (exact) mass is 458 g/mol. The maximum absolute atomic E-state index is 12.5. The largest absolute Gasteiger partial charge is 0.481 e. The highest BCUT2D eigenvalue weighted by Gasteiger charge is 2.33. The van der Waals surface area contributed by atoms with Gasteiger partial charge in [-0.25, -0.2) is 0 Å². The van der Waals surface area contributed by atoms with E-state index in [2.05, 4.69) is 10.6 Å². The molecule has 0 heterocycles. The maximum atomic E-state index is 12.5. The number of carbonyl (C=O) groups excluding carboxylic acids is 2. The zero-order valence-electron chi connectivity index (χ0n) is 16.9.